The summed E-state index contributed by atoms with van der Waals surface area (Å²) in [5.74, 6) is -5.76. The van der Waals surface area contributed by atoms with E-state index in [4.69, 9.17) is 5.11 Å². The van der Waals surface area contributed by atoms with Crippen LogP contribution in [0, 0.1) is 11.8 Å². The first-order chi connectivity index (χ1) is 12.6. The Hall–Kier alpha value is -2.78. The molecule has 7 nitrogen and oxygen atoms in total. The van der Waals surface area contributed by atoms with Crippen LogP contribution < -0.4 is 10.6 Å². The molecule has 1 aliphatic rings. The van der Waals surface area contributed by atoms with Gasteiger partial charge in [0.25, 0.3) is 5.91 Å². The van der Waals surface area contributed by atoms with Crippen LogP contribution in [0.25, 0.3) is 0 Å². The topological polar surface area (TPSA) is 98.7 Å². The number of aliphatic carboxylic acids is 1. The van der Waals surface area contributed by atoms with E-state index in [1.807, 2.05) is 6.92 Å². The van der Waals surface area contributed by atoms with E-state index in [-0.39, 0.29) is 11.6 Å². The maximum absolute atomic E-state index is 13.0. The number of carbonyl (C=O) groups excluding carboxylic acids is 2. The Morgan fingerprint density at radius 1 is 1.26 bits per heavy atom. The van der Waals surface area contributed by atoms with Crippen LogP contribution in [0.3, 0.4) is 0 Å². The summed E-state index contributed by atoms with van der Waals surface area (Å²) in [7, 11) is 0. The van der Waals surface area contributed by atoms with E-state index in [9.17, 15) is 27.6 Å². The van der Waals surface area contributed by atoms with Crippen molar-refractivity contribution < 1.29 is 32.7 Å². The van der Waals surface area contributed by atoms with Gasteiger partial charge in [0.15, 0.2) is 0 Å². The molecule has 0 spiro atoms. The molecule has 0 aliphatic carbocycles. The maximum atomic E-state index is 13.0. The minimum atomic E-state index is -4.71. The van der Waals surface area contributed by atoms with Gasteiger partial charge in [-0.2, -0.15) is 13.2 Å². The van der Waals surface area contributed by atoms with Crippen LogP contribution in [0.2, 0.25) is 0 Å². The van der Waals surface area contributed by atoms with Crippen molar-refractivity contribution in [1.82, 2.24) is 10.2 Å². The van der Waals surface area contributed by atoms with Gasteiger partial charge in [0, 0.05) is 30.9 Å². The number of amides is 3. The number of carboxylic acids is 1. The predicted octanol–water partition coefficient (Wildman–Crippen LogP) is 2.55. The van der Waals surface area contributed by atoms with Crippen LogP contribution in [0.5, 0.6) is 0 Å². The molecule has 1 saturated heterocycles. The monoisotopic (exact) mass is 387 g/mol. The number of benzene rings is 1. The highest BCUT2D eigenvalue weighted by molar-refractivity contribution is 5.97. The smallest absolute Gasteiger partial charge is 0.394 e. The number of nitrogens with zero attached hydrogens (tertiary/aromatic N) is 1. The van der Waals surface area contributed by atoms with Gasteiger partial charge >= 0.3 is 18.2 Å². The average Bonchev–Trinajstić information content (AvgIpc) is 3.06. The van der Waals surface area contributed by atoms with Crippen LogP contribution in [0.15, 0.2) is 24.3 Å². The number of likely N-dealkylation sites (tertiary alicyclic amines) is 1. The van der Waals surface area contributed by atoms with Crippen molar-refractivity contribution >= 4 is 23.6 Å². The van der Waals surface area contributed by atoms with Gasteiger partial charge in [0.05, 0.1) is 11.8 Å². The van der Waals surface area contributed by atoms with Gasteiger partial charge in [0.1, 0.15) is 0 Å². The van der Waals surface area contributed by atoms with Gasteiger partial charge in [0.2, 0.25) is 0 Å². The number of urea groups is 1. The van der Waals surface area contributed by atoms with Crippen molar-refractivity contribution in [3.05, 3.63) is 29.8 Å². The Labute approximate surface area is 153 Å². The second-order valence-electron chi connectivity index (χ2n) is 6.26. The zero-order valence-electron chi connectivity index (χ0n) is 14.5. The molecule has 10 heteroatoms. The first-order valence-corrected chi connectivity index (χ1v) is 8.37. The summed E-state index contributed by atoms with van der Waals surface area (Å²) >= 11 is 0. The van der Waals surface area contributed by atoms with E-state index in [1.165, 1.54) is 24.3 Å². The van der Waals surface area contributed by atoms with E-state index < -0.39 is 43.1 Å². The number of rotatable bonds is 5. The molecule has 2 atom stereocenters. The summed E-state index contributed by atoms with van der Waals surface area (Å²) in [5, 5.41) is 14.1. The number of hydrogen-bond donors (Lipinski definition) is 3. The standard InChI is InChI=1S/C17H20F3N3O4/c1-2-6-21-14(24)10-4-3-5-11(7-10)22-16(27)23-8-12(15(25)26)13(9-23)17(18,19)20/h3-5,7,12-13H,2,6,8-9H2,1H3,(H,21,24)(H,22,27)(H,25,26)/t12-,13-/m1/s1. The Kier molecular flexibility index (Phi) is 6.29. The zero-order valence-corrected chi connectivity index (χ0v) is 14.5. The highest BCUT2D eigenvalue weighted by atomic mass is 19.4. The maximum Gasteiger partial charge on any atom is 0.394 e. The summed E-state index contributed by atoms with van der Waals surface area (Å²) < 4.78 is 39.0. The van der Waals surface area contributed by atoms with E-state index in [2.05, 4.69) is 10.6 Å². The summed E-state index contributed by atoms with van der Waals surface area (Å²) in [6.45, 7) is 1.11. The van der Waals surface area contributed by atoms with Gasteiger partial charge < -0.3 is 20.6 Å². The molecule has 2 rings (SSSR count). The van der Waals surface area contributed by atoms with E-state index in [0.717, 1.165) is 11.3 Å². The third-order valence-electron chi connectivity index (χ3n) is 4.26. The summed E-state index contributed by atoms with van der Waals surface area (Å²) in [6.07, 6.45) is -3.96. The van der Waals surface area contributed by atoms with Crippen LogP contribution in [-0.4, -0.2) is 53.7 Å². The fraction of sp³-hybridized carbons (Fsp3) is 0.471. The number of hydrogen-bond acceptors (Lipinski definition) is 3. The highest BCUT2D eigenvalue weighted by Crippen LogP contribution is 2.37. The van der Waals surface area contributed by atoms with Crippen molar-refractivity contribution in [3.63, 3.8) is 0 Å². The van der Waals surface area contributed by atoms with Gasteiger partial charge in [-0.25, -0.2) is 4.79 Å². The molecule has 1 heterocycles. The Balaban J connectivity index is 2.07. The Morgan fingerprint density at radius 2 is 1.96 bits per heavy atom. The number of halogens is 3. The Morgan fingerprint density at radius 3 is 2.52 bits per heavy atom. The summed E-state index contributed by atoms with van der Waals surface area (Å²) in [4.78, 5) is 36.1. The molecule has 0 saturated carbocycles. The molecule has 0 radical (unpaired) electrons. The van der Waals surface area contributed by atoms with E-state index in [1.54, 1.807) is 0 Å². The van der Waals surface area contributed by atoms with Gasteiger partial charge in [-0.05, 0) is 24.6 Å². The van der Waals surface area contributed by atoms with Gasteiger partial charge in [-0.1, -0.05) is 13.0 Å². The highest BCUT2D eigenvalue weighted by Gasteiger charge is 2.53. The fourth-order valence-electron chi connectivity index (χ4n) is 2.83. The van der Waals surface area contributed by atoms with E-state index >= 15 is 0 Å². The lowest BCUT2D eigenvalue weighted by Gasteiger charge is -2.19. The van der Waals surface area contributed by atoms with Crippen molar-refractivity contribution in [1.29, 1.82) is 0 Å². The van der Waals surface area contributed by atoms with Crippen LogP contribution >= 0.6 is 0 Å². The van der Waals surface area contributed by atoms with Crippen LogP contribution in [0.1, 0.15) is 23.7 Å². The zero-order chi connectivity index (χ0) is 20.2. The van der Waals surface area contributed by atoms with Crippen molar-refractivity contribution in [2.24, 2.45) is 11.8 Å². The molecule has 3 N–H and O–H groups in total. The van der Waals surface area contributed by atoms with Gasteiger partial charge in [-0.15, -0.1) is 0 Å². The van der Waals surface area contributed by atoms with Crippen LogP contribution in [0.4, 0.5) is 23.7 Å². The molecule has 1 aliphatic heterocycles. The first-order valence-electron chi connectivity index (χ1n) is 8.37. The lowest BCUT2D eigenvalue weighted by atomic mass is 9.96. The average molecular weight is 387 g/mol. The SMILES string of the molecule is CCCNC(=O)c1cccc(NC(=O)N2C[C@@H](C(F)(F)F)[C@H](C(=O)O)C2)c1. The second-order valence-corrected chi connectivity index (χ2v) is 6.26. The summed E-state index contributed by atoms with van der Waals surface area (Å²) in [5.41, 5.74) is 0.519. The van der Waals surface area contributed by atoms with Crippen molar-refractivity contribution in [3.8, 4) is 0 Å². The molecule has 1 fully saturated rings. The minimum absolute atomic E-state index is 0.228. The second kappa shape index (κ2) is 8.28. The van der Waals surface area contributed by atoms with E-state index in [0.29, 0.717) is 12.1 Å². The molecular formula is C17H20F3N3O4. The third-order valence-corrected chi connectivity index (χ3v) is 4.26. The molecule has 1 aromatic carbocycles. The molecule has 1 aromatic rings. The molecular weight excluding hydrogens is 367 g/mol. The molecule has 27 heavy (non-hydrogen) atoms. The van der Waals surface area contributed by atoms with Crippen molar-refractivity contribution in [2.45, 2.75) is 19.5 Å². The molecule has 0 unspecified atom stereocenters. The number of anilines is 1. The summed E-state index contributed by atoms with van der Waals surface area (Å²) in [6, 6.07) is 5.10. The minimum Gasteiger partial charge on any atom is -0.481 e. The van der Waals surface area contributed by atoms with Gasteiger partial charge in [-0.3, -0.25) is 9.59 Å². The quantitative estimate of drug-likeness (QED) is 0.723. The fourth-order valence-corrected chi connectivity index (χ4v) is 2.83. The third kappa shape index (κ3) is 5.11. The largest absolute Gasteiger partial charge is 0.481 e. The van der Waals surface area contributed by atoms with Crippen molar-refractivity contribution in [2.75, 3.05) is 25.0 Å². The van der Waals surface area contributed by atoms with Crippen LogP contribution in [-0.2, 0) is 4.79 Å². The number of carboxylic acid groups (broad SMARTS) is 1. The normalized spacial score (nSPS) is 19.6. The number of carbonyl (C=O) groups is 3. The molecule has 0 bridgehead atoms. The lowest BCUT2D eigenvalue weighted by Crippen LogP contribution is -2.35. The molecule has 148 valence electrons. The number of alkyl halides is 3. The Bertz CT molecular complexity index is 724. The number of nitrogens with one attached hydrogen (secondary N) is 2. The predicted molar refractivity (Wildman–Crippen MR) is 90.3 cm³/mol. The first kappa shape index (κ1) is 20.5. The molecule has 0 aromatic heterocycles. The lowest BCUT2D eigenvalue weighted by molar-refractivity contribution is -0.187. The molecule has 3 amide bonds.